The zero-order chi connectivity index (χ0) is 34.0. The quantitative estimate of drug-likeness (QED) is 0.103. The van der Waals surface area contributed by atoms with Crippen molar-refractivity contribution in [3.05, 3.63) is 144 Å². The van der Waals surface area contributed by atoms with E-state index in [4.69, 9.17) is 14.2 Å². The second kappa shape index (κ2) is 16.3. The SMILES string of the molecule is CC(=O)Nc1ccc(SCC2CC(c3ccc(CO)cc3)OC(c3cccc(NC(=O)Nc4ccc(Oc5ccccc5)cc4)c3)O2)cc1. The van der Waals surface area contributed by atoms with E-state index in [1.807, 2.05) is 103 Å². The lowest BCUT2D eigenvalue weighted by Crippen LogP contribution is -2.31. The maximum absolute atomic E-state index is 12.9. The molecule has 1 aliphatic heterocycles. The van der Waals surface area contributed by atoms with Crippen LogP contribution in [0.2, 0.25) is 0 Å². The number of hydrogen-bond donors (Lipinski definition) is 4. The summed E-state index contributed by atoms with van der Waals surface area (Å²) < 4.78 is 18.8. The maximum Gasteiger partial charge on any atom is 0.323 e. The minimum atomic E-state index is -0.675. The smallest absolute Gasteiger partial charge is 0.323 e. The van der Waals surface area contributed by atoms with Gasteiger partial charge in [-0.3, -0.25) is 4.79 Å². The Labute approximate surface area is 289 Å². The highest BCUT2D eigenvalue weighted by Crippen LogP contribution is 2.40. The third-order valence-corrected chi connectivity index (χ3v) is 8.88. The van der Waals surface area contributed by atoms with Crippen LogP contribution in [0.4, 0.5) is 21.9 Å². The lowest BCUT2D eigenvalue weighted by molar-refractivity contribution is -0.245. The van der Waals surface area contributed by atoms with E-state index in [2.05, 4.69) is 16.0 Å². The number of benzene rings is 5. The third kappa shape index (κ3) is 9.71. The first-order valence-corrected chi connectivity index (χ1v) is 16.9. The van der Waals surface area contributed by atoms with Gasteiger partial charge in [0.2, 0.25) is 5.91 Å². The fraction of sp³-hybridized carbons (Fsp3) is 0.179. The Bertz CT molecular complexity index is 1840. The largest absolute Gasteiger partial charge is 0.457 e. The molecule has 49 heavy (non-hydrogen) atoms. The average molecular weight is 676 g/mol. The summed E-state index contributed by atoms with van der Waals surface area (Å²) in [7, 11) is 0. The second-order valence-electron chi connectivity index (χ2n) is 11.5. The average Bonchev–Trinajstić information content (AvgIpc) is 3.12. The second-order valence-corrected chi connectivity index (χ2v) is 12.6. The normalized spacial score (nSPS) is 17.1. The number of anilines is 3. The van der Waals surface area contributed by atoms with Crippen LogP contribution in [-0.4, -0.2) is 28.9 Å². The van der Waals surface area contributed by atoms with Gasteiger partial charge in [-0.15, -0.1) is 11.8 Å². The highest BCUT2D eigenvalue weighted by molar-refractivity contribution is 7.99. The van der Waals surface area contributed by atoms with Gasteiger partial charge in [0.15, 0.2) is 6.29 Å². The number of hydrogen-bond acceptors (Lipinski definition) is 7. The predicted octanol–water partition coefficient (Wildman–Crippen LogP) is 8.91. The van der Waals surface area contributed by atoms with Crippen LogP contribution in [0.15, 0.2) is 132 Å². The van der Waals surface area contributed by atoms with Crippen molar-refractivity contribution in [2.75, 3.05) is 21.7 Å². The summed E-state index contributed by atoms with van der Waals surface area (Å²) in [4.78, 5) is 25.4. The summed E-state index contributed by atoms with van der Waals surface area (Å²) in [6.07, 6.45) is -0.421. The number of urea groups is 1. The lowest BCUT2D eigenvalue weighted by atomic mass is 10.0. The van der Waals surface area contributed by atoms with Crippen LogP contribution in [-0.2, 0) is 20.9 Å². The Morgan fingerprint density at radius 3 is 2.12 bits per heavy atom. The van der Waals surface area contributed by atoms with Gasteiger partial charge in [0.1, 0.15) is 11.5 Å². The minimum absolute atomic E-state index is 0.0289. The van der Waals surface area contributed by atoms with Crippen molar-refractivity contribution in [2.45, 2.75) is 43.3 Å². The van der Waals surface area contributed by atoms with Crippen molar-refractivity contribution in [3.8, 4) is 11.5 Å². The molecule has 1 heterocycles. The summed E-state index contributed by atoms with van der Waals surface area (Å²) >= 11 is 1.67. The molecular weight excluding hydrogens is 639 g/mol. The van der Waals surface area contributed by atoms with Crippen LogP contribution in [0.25, 0.3) is 0 Å². The topological polar surface area (TPSA) is 118 Å². The number of rotatable bonds is 11. The third-order valence-electron chi connectivity index (χ3n) is 7.73. The highest BCUT2D eigenvalue weighted by atomic mass is 32.2. The molecule has 0 saturated carbocycles. The van der Waals surface area contributed by atoms with Gasteiger partial charge in [0, 0.05) is 46.6 Å². The molecule has 1 fully saturated rings. The van der Waals surface area contributed by atoms with Gasteiger partial charge in [-0.05, 0) is 83.9 Å². The van der Waals surface area contributed by atoms with E-state index in [-0.39, 0.29) is 30.8 Å². The molecule has 10 heteroatoms. The number of aliphatic hydroxyl groups is 1. The summed E-state index contributed by atoms with van der Waals surface area (Å²) in [5.74, 6) is 1.97. The maximum atomic E-state index is 12.9. The van der Waals surface area contributed by atoms with Gasteiger partial charge in [0.05, 0.1) is 18.8 Å². The van der Waals surface area contributed by atoms with Crippen LogP contribution < -0.4 is 20.7 Å². The van der Waals surface area contributed by atoms with E-state index in [9.17, 15) is 14.7 Å². The molecule has 9 nitrogen and oxygen atoms in total. The van der Waals surface area contributed by atoms with Gasteiger partial charge in [0.25, 0.3) is 0 Å². The minimum Gasteiger partial charge on any atom is -0.457 e. The van der Waals surface area contributed by atoms with Crippen LogP contribution in [0.5, 0.6) is 11.5 Å². The fourth-order valence-corrected chi connectivity index (χ4v) is 6.26. The van der Waals surface area contributed by atoms with E-state index in [1.54, 1.807) is 36.0 Å². The van der Waals surface area contributed by atoms with Crippen LogP contribution in [0.3, 0.4) is 0 Å². The molecule has 0 aliphatic carbocycles. The van der Waals surface area contributed by atoms with E-state index >= 15 is 0 Å². The number of thioether (sulfide) groups is 1. The molecule has 0 bridgehead atoms. The fourth-order valence-electron chi connectivity index (χ4n) is 5.34. The van der Waals surface area contributed by atoms with E-state index in [0.717, 1.165) is 33.0 Å². The van der Waals surface area contributed by atoms with Crippen molar-refractivity contribution >= 4 is 40.8 Å². The van der Waals surface area contributed by atoms with Gasteiger partial charge in [-0.25, -0.2) is 4.79 Å². The number of para-hydroxylation sites is 1. The van der Waals surface area contributed by atoms with E-state index in [1.165, 1.54) is 6.92 Å². The number of nitrogens with one attached hydrogen (secondary N) is 3. The number of aliphatic hydroxyl groups excluding tert-OH is 1. The molecule has 250 valence electrons. The van der Waals surface area contributed by atoms with Crippen molar-refractivity contribution in [3.63, 3.8) is 0 Å². The molecule has 6 rings (SSSR count). The monoisotopic (exact) mass is 675 g/mol. The van der Waals surface area contributed by atoms with Gasteiger partial charge in [-0.2, -0.15) is 0 Å². The first-order valence-electron chi connectivity index (χ1n) is 15.9. The molecule has 5 aromatic carbocycles. The van der Waals surface area contributed by atoms with Gasteiger partial charge in [-0.1, -0.05) is 54.6 Å². The Kier molecular flexibility index (Phi) is 11.2. The molecule has 3 atom stereocenters. The lowest BCUT2D eigenvalue weighted by Gasteiger charge is -2.36. The van der Waals surface area contributed by atoms with Crippen molar-refractivity contribution in [1.82, 2.24) is 0 Å². The summed E-state index contributed by atoms with van der Waals surface area (Å²) in [6, 6.07) is 39.2. The molecule has 4 N–H and O–H groups in total. The Morgan fingerprint density at radius 2 is 1.41 bits per heavy atom. The zero-order valence-corrected chi connectivity index (χ0v) is 27.7. The molecule has 0 aromatic heterocycles. The zero-order valence-electron chi connectivity index (χ0n) is 26.9. The molecule has 0 radical (unpaired) electrons. The molecule has 3 amide bonds. The Hall–Kier alpha value is -5.13. The first kappa shape index (κ1) is 33.8. The van der Waals surface area contributed by atoms with Crippen LogP contribution in [0, 0.1) is 0 Å². The predicted molar refractivity (Wildman–Crippen MR) is 192 cm³/mol. The number of carbonyl (C=O) groups excluding carboxylic acids is 2. The molecule has 1 saturated heterocycles. The molecule has 3 unspecified atom stereocenters. The van der Waals surface area contributed by atoms with Crippen molar-refractivity contribution < 1.29 is 28.9 Å². The summed E-state index contributed by atoms with van der Waals surface area (Å²) in [5, 5.41) is 18.1. The molecule has 1 aliphatic rings. The van der Waals surface area contributed by atoms with E-state index < -0.39 is 6.29 Å². The standard InChI is InChI=1S/C39H37N3O6S/c1-26(44)40-30-16-20-36(21-17-30)49-25-35-23-37(28-12-10-27(24-43)11-13-28)48-38(47-35)29-6-5-7-32(22-29)42-39(45)41-31-14-18-34(19-15-31)46-33-8-3-2-4-9-33/h2-22,35,37-38,43H,23-25H2,1H3,(H,40,44)(H2,41,42,45). The van der Waals surface area contributed by atoms with E-state index in [0.29, 0.717) is 29.3 Å². The molecular formula is C39H37N3O6S. The van der Waals surface area contributed by atoms with Gasteiger partial charge < -0.3 is 35.3 Å². The summed E-state index contributed by atoms with van der Waals surface area (Å²) in [6.45, 7) is 1.46. The highest BCUT2D eigenvalue weighted by Gasteiger charge is 2.32. The Balaban J connectivity index is 1.11. The summed E-state index contributed by atoms with van der Waals surface area (Å²) in [5.41, 5.74) is 4.55. The first-order chi connectivity index (χ1) is 23.9. The number of ether oxygens (including phenoxy) is 3. The van der Waals surface area contributed by atoms with Crippen molar-refractivity contribution in [2.24, 2.45) is 0 Å². The Morgan fingerprint density at radius 1 is 0.735 bits per heavy atom. The number of carbonyl (C=O) groups is 2. The molecule has 5 aromatic rings. The van der Waals surface area contributed by atoms with Crippen LogP contribution >= 0.6 is 11.8 Å². The number of amides is 3. The van der Waals surface area contributed by atoms with Crippen molar-refractivity contribution in [1.29, 1.82) is 0 Å². The van der Waals surface area contributed by atoms with Crippen LogP contribution in [0.1, 0.15) is 42.4 Å². The van der Waals surface area contributed by atoms with Gasteiger partial charge >= 0.3 is 6.03 Å². The molecule has 0 spiro atoms.